The summed E-state index contributed by atoms with van der Waals surface area (Å²) < 4.78 is 19.5. The van der Waals surface area contributed by atoms with E-state index in [0.29, 0.717) is 22.6 Å². The molecule has 4 rings (SSSR count). The minimum absolute atomic E-state index is 0.209. The van der Waals surface area contributed by atoms with Crippen LogP contribution in [0.4, 0.5) is 0 Å². The van der Waals surface area contributed by atoms with Crippen molar-refractivity contribution in [3.8, 4) is 11.5 Å². The predicted molar refractivity (Wildman–Crippen MR) is 134 cm³/mol. The highest BCUT2D eigenvalue weighted by Crippen LogP contribution is 2.38. The first-order valence-corrected chi connectivity index (χ1v) is 11.8. The molecule has 3 aromatic rings. The van der Waals surface area contributed by atoms with Crippen LogP contribution in [0.15, 0.2) is 84.8 Å². The summed E-state index contributed by atoms with van der Waals surface area (Å²) in [5, 5.41) is 0. The zero-order valence-corrected chi connectivity index (χ0v) is 21.5. The summed E-state index contributed by atoms with van der Waals surface area (Å²) in [5.41, 5.74) is 2.68. The molecule has 8 heteroatoms. The molecule has 0 atom stereocenters. The van der Waals surface area contributed by atoms with E-state index in [0.717, 1.165) is 25.6 Å². The number of hydrogen-bond donors (Lipinski definition) is 0. The largest absolute Gasteiger partial charge is 0.493 e. The van der Waals surface area contributed by atoms with E-state index in [2.05, 4.69) is 52.8 Å². The van der Waals surface area contributed by atoms with E-state index in [1.807, 2.05) is 54.6 Å². The summed E-state index contributed by atoms with van der Waals surface area (Å²) in [6.07, 6.45) is 1.65. The molecule has 0 spiro atoms. The molecular weight excluding hydrogens is 606 g/mol. The SMILES string of the molecule is COc1cc(/C=C2\N=C(c3ccc(Br)cc3)OC2=O)cc(Br)c1OCc1ccc(Br)cc1. The van der Waals surface area contributed by atoms with Gasteiger partial charge < -0.3 is 14.2 Å². The topological polar surface area (TPSA) is 57.1 Å². The van der Waals surface area contributed by atoms with Gasteiger partial charge in [-0.2, -0.15) is 0 Å². The first-order valence-electron chi connectivity index (χ1n) is 9.46. The highest BCUT2D eigenvalue weighted by Gasteiger charge is 2.24. The third-order valence-corrected chi connectivity index (χ3v) is 6.21. The maximum atomic E-state index is 12.3. The lowest BCUT2D eigenvalue weighted by Gasteiger charge is -2.14. The smallest absolute Gasteiger partial charge is 0.363 e. The van der Waals surface area contributed by atoms with Crippen LogP contribution in [0.2, 0.25) is 0 Å². The Hall–Kier alpha value is -2.42. The van der Waals surface area contributed by atoms with Crippen molar-refractivity contribution < 1.29 is 19.0 Å². The molecule has 5 nitrogen and oxygen atoms in total. The molecule has 1 aliphatic heterocycles. The van der Waals surface area contributed by atoms with E-state index >= 15 is 0 Å². The summed E-state index contributed by atoms with van der Waals surface area (Å²) >= 11 is 10.4. The van der Waals surface area contributed by atoms with Crippen molar-refractivity contribution in [1.29, 1.82) is 0 Å². The fourth-order valence-corrected chi connectivity index (χ4v) is 4.09. The van der Waals surface area contributed by atoms with E-state index in [1.54, 1.807) is 19.3 Å². The van der Waals surface area contributed by atoms with Crippen molar-refractivity contribution in [2.75, 3.05) is 7.11 Å². The van der Waals surface area contributed by atoms with Crippen molar-refractivity contribution in [3.63, 3.8) is 0 Å². The van der Waals surface area contributed by atoms with E-state index in [4.69, 9.17) is 14.2 Å². The maximum Gasteiger partial charge on any atom is 0.363 e. The number of hydrogen-bond acceptors (Lipinski definition) is 5. The van der Waals surface area contributed by atoms with Crippen LogP contribution in [0.3, 0.4) is 0 Å². The first kappa shape index (κ1) is 22.8. The number of rotatable bonds is 6. The Morgan fingerprint density at radius 3 is 2.28 bits per heavy atom. The third-order valence-electron chi connectivity index (χ3n) is 4.56. The number of benzene rings is 3. The molecule has 1 aliphatic rings. The number of cyclic esters (lactones) is 1. The Morgan fingerprint density at radius 2 is 1.62 bits per heavy atom. The number of halogens is 3. The van der Waals surface area contributed by atoms with Crippen LogP contribution in [-0.4, -0.2) is 19.0 Å². The van der Waals surface area contributed by atoms with Gasteiger partial charge in [-0.15, -0.1) is 0 Å². The van der Waals surface area contributed by atoms with Gasteiger partial charge in [0.15, 0.2) is 17.2 Å². The lowest BCUT2D eigenvalue weighted by Crippen LogP contribution is -2.05. The van der Waals surface area contributed by atoms with E-state index in [9.17, 15) is 4.79 Å². The van der Waals surface area contributed by atoms with Gasteiger partial charge in [0.2, 0.25) is 5.90 Å². The van der Waals surface area contributed by atoms with Crippen LogP contribution in [-0.2, 0) is 16.1 Å². The quantitative estimate of drug-likeness (QED) is 0.222. The fourth-order valence-electron chi connectivity index (χ4n) is 2.98. The molecule has 0 aromatic heterocycles. The lowest BCUT2D eigenvalue weighted by molar-refractivity contribution is -0.129. The second-order valence-electron chi connectivity index (χ2n) is 6.79. The third kappa shape index (κ3) is 5.31. The molecule has 3 aromatic carbocycles. The monoisotopic (exact) mass is 619 g/mol. The minimum Gasteiger partial charge on any atom is -0.493 e. The number of carbonyl (C=O) groups is 1. The van der Waals surface area contributed by atoms with Crippen molar-refractivity contribution >= 4 is 65.7 Å². The molecular formula is C24H16Br3NO4. The van der Waals surface area contributed by atoms with E-state index in [1.165, 1.54) is 0 Å². The molecule has 162 valence electrons. The summed E-state index contributed by atoms with van der Waals surface area (Å²) in [6.45, 7) is 0.385. The van der Waals surface area contributed by atoms with Gasteiger partial charge in [0.05, 0.1) is 11.6 Å². The van der Waals surface area contributed by atoms with E-state index < -0.39 is 5.97 Å². The van der Waals surface area contributed by atoms with Gasteiger partial charge in [-0.1, -0.05) is 44.0 Å². The van der Waals surface area contributed by atoms with Crippen LogP contribution in [0.5, 0.6) is 11.5 Å². The summed E-state index contributed by atoms with van der Waals surface area (Å²) in [4.78, 5) is 16.7. The Labute approximate surface area is 210 Å². The zero-order valence-electron chi connectivity index (χ0n) is 16.8. The summed E-state index contributed by atoms with van der Waals surface area (Å²) in [5.74, 6) is 0.875. The molecule has 0 bridgehead atoms. The van der Waals surface area contributed by atoms with Crippen LogP contribution < -0.4 is 9.47 Å². The lowest BCUT2D eigenvalue weighted by atomic mass is 10.1. The first-order chi connectivity index (χ1) is 15.4. The summed E-state index contributed by atoms with van der Waals surface area (Å²) in [6, 6.07) is 18.9. The molecule has 0 saturated carbocycles. The van der Waals surface area contributed by atoms with Crippen molar-refractivity contribution in [2.45, 2.75) is 6.61 Å². The number of carbonyl (C=O) groups excluding carboxylic acids is 1. The number of ether oxygens (including phenoxy) is 3. The van der Waals surface area contributed by atoms with Crippen LogP contribution in [0, 0.1) is 0 Å². The summed E-state index contributed by atoms with van der Waals surface area (Å²) in [7, 11) is 1.57. The molecule has 0 radical (unpaired) electrons. The highest BCUT2D eigenvalue weighted by molar-refractivity contribution is 9.11. The maximum absolute atomic E-state index is 12.3. The normalized spacial score (nSPS) is 14.3. The van der Waals surface area contributed by atoms with Gasteiger partial charge in [-0.05, 0) is 81.7 Å². The molecule has 0 N–H and O–H groups in total. The molecule has 0 fully saturated rings. The van der Waals surface area contributed by atoms with Gasteiger partial charge in [-0.25, -0.2) is 9.79 Å². The predicted octanol–water partition coefficient (Wildman–Crippen LogP) is 6.91. The number of nitrogens with zero attached hydrogens (tertiary/aromatic N) is 1. The van der Waals surface area contributed by atoms with Crippen molar-refractivity contribution in [2.24, 2.45) is 4.99 Å². The molecule has 1 heterocycles. The van der Waals surface area contributed by atoms with Crippen LogP contribution in [0.25, 0.3) is 6.08 Å². The van der Waals surface area contributed by atoms with Crippen molar-refractivity contribution in [1.82, 2.24) is 0 Å². The zero-order chi connectivity index (χ0) is 22.7. The van der Waals surface area contributed by atoms with Crippen LogP contribution in [0.1, 0.15) is 16.7 Å². The molecule has 0 saturated heterocycles. The molecule has 0 aliphatic carbocycles. The molecule has 0 amide bonds. The second-order valence-corrected chi connectivity index (χ2v) is 9.48. The number of aliphatic imine (C=N–C) groups is 1. The molecule has 0 unspecified atom stereocenters. The van der Waals surface area contributed by atoms with Gasteiger partial charge in [0, 0.05) is 14.5 Å². The van der Waals surface area contributed by atoms with Gasteiger partial charge in [0.1, 0.15) is 6.61 Å². The van der Waals surface area contributed by atoms with Crippen molar-refractivity contribution in [3.05, 3.63) is 96.5 Å². The van der Waals surface area contributed by atoms with Gasteiger partial charge >= 0.3 is 5.97 Å². The van der Waals surface area contributed by atoms with Gasteiger partial charge in [0.25, 0.3) is 0 Å². The van der Waals surface area contributed by atoms with Gasteiger partial charge in [-0.3, -0.25) is 0 Å². The average Bonchev–Trinajstić information content (AvgIpc) is 3.14. The molecule has 32 heavy (non-hydrogen) atoms. The minimum atomic E-state index is -0.506. The Bertz CT molecular complexity index is 1220. The Kier molecular flexibility index (Phi) is 7.13. The Balaban J connectivity index is 1.58. The fraction of sp³-hybridized carbons (Fsp3) is 0.0833. The van der Waals surface area contributed by atoms with Crippen LogP contribution >= 0.6 is 47.8 Å². The standard InChI is InChI=1S/C24H16Br3NO4/c1-30-21-12-15(10-19(27)22(21)31-13-14-2-6-17(25)7-3-14)11-20-24(29)32-23(28-20)16-4-8-18(26)9-5-16/h2-12H,13H2,1H3/b20-11-. The van der Waals surface area contributed by atoms with E-state index in [-0.39, 0.29) is 11.6 Å². The average molecular weight is 622 g/mol. The number of esters is 1. The number of methoxy groups -OCH3 is 1. The highest BCUT2D eigenvalue weighted by atomic mass is 79.9. The second kappa shape index (κ2) is 10.0. The Morgan fingerprint density at radius 1 is 0.969 bits per heavy atom.